The van der Waals surface area contributed by atoms with Crippen molar-refractivity contribution in [2.45, 2.75) is 13.3 Å². The zero-order valence-electron chi connectivity index (χ0n) is 13.3. The molecular weight excluding hydrogens is 310 g/mol. The molecule has 0 saturated heterocycles. The third-order valence-corrected chi connectivity index (χ3v) is 3.84. The van der Waals surface area contributed by atoms with Gasteiger partial charge in [0.2, 0.25) is 5.91 Å². The summed E-state index contributed by atoms with van der Waals surface area (Å²) < 4.78 is 11.2. The van der Waals surface area contributed by atoms with Crippen LogP contribution in [0.3, 0.4) is 0 Å². The van der Waals surface area contributed by atoms with E-state index in [4.69, 9.17) is 15.2 Å². The number of benzene rings is 1. The van der Waals surface area contributed by atoms with Gasteiger partial charge in [-0.25, -0.2) is 0 Å². The van der Waals surface area contributed by atoms with Crippen molar-refractivity contribution in [3.05, 3.63) is 41.7 Å². The Kier molecular flexibility index (Phi) is 4.41. The highest BCUT2D eigenvalue weighted by Gasteiger charge is 2.26. The molecule has 2 heterocycles. The second-order valence-corrected chi connectivity index (χ2v) is 5.57. The van der Waals surface area contributed by atoms with E-state index < -0.39 is 5.91 Å². The number of carbonyl (C=O) groups is 2. The average Bonchev–Trinajstić information content (AvgIpc) is 3.03. The number of hydrogen-bond donors (Lipinski definition) is 3. The maximum Gasteiger partial charge on any atom is 0.265 e. The number of primary amides is 1. The predicted octanol–water partition coefficient (Wildman–Crippen LogP) is 1.70. The zero-order valence-corrected chi connectivity index (χ0v) is 13.3. The second-order valence-electron chi connectivity index (χ2n) is 5.57. The Morgan fingerprint density at radius 3 is 2.96 bits per heavy atom. The van der Waals surface area contributed by atoms with Crippen LogP contribution in [0.25, 0.3) is 0 Å². The normalized spacial score (nSPS) is 16.0. The third-order valence-electron chi connectivity index (χ3n) is 3.84. The fourth-order valence-electron chi connectivity index (χ4n) is 2.65. The van der Waals surface area contributed by atoms with Crippen LogP contribution in [0.4, 0.5) is 5.69 Å². The fraction of sp³-hybridized carbons (Fsp3) is 0.294. The number of carbonyl (C=O) groups excluding carboxylic acids is 2. The molecule has 2 amide bonds. The summed E-state index contributed by atoms with van der Waals surface area (Å²) >= 11 is 0. The van der Waals surface area contributed by atoms with Gasteiger partial charge in [0.25, 0.3) is 5.91 Å². The molecule has 0 unspecified atom stereocenters. The minimum absolute atomic E-state index is 0.169. The van der Waals surface area contributed by atoms with Gasteiger partial charge in [-0.15, -0.1) is 0 Å². The smallest absolute Gasteiger partial charge is 0.265 e. The summed E-state index contributed by atoms with van der Waals surface area (Å²) in [4.78, 5) is 26.2. The highest BCUT2D eigenvalue weighted by atomic mass is 16.5. The lowest BCUT2D eigenvalue weighted by Crippen LogP contribution is -2.32. The van der Waals surface area contributed by atoms with Gasteiger partial charge in [0, 0.05) is 6.20 Å². The maximum absolute atomic E-state index is 12.4. The molecule has 0 radical (unpaired) electrons. The highest BCUT2D eigenvalue weighted by molar-refractivity contribution is 5.96. The van der Waals surface area contributed by atoms with Gasteiger partial charge in [0.15, 0.2) is 0 Å². The van der Waals surface area contributed by atoms with Crippen molar-refractivity contribution in [1.29, 1.82) is 0 Å². The van der Waals surface area contributed by atoms with Crippen LogP contribution < -0.4 is 20.5 Å². The van der Waals surface area contributed by atoms with Crippen LogP contribution in [0.2, 0.25) is 0 Å². The number of hydrogen-bond acceptors (Lipinski definition) is 4. The maximum atomic E-state index is 12.4. The Morgan fingerprint density at radius 1 is 1.42 bits per heavy atom. The molecule has 0 bridgehead atoms. The molecule has 0 fully saturated rings. The fourth-order valence-corrected chi connectivity index (χ4v) is 2.65. The van der Waals surface area contributed by atoms with Crippen molar-refractivity contribution in [2.24, 2.45) is 11.7 Å². The van der Waals surface area contributed by atoms with E-state index in [0.29, 0.717) is 25.3 Å². The molecule has 0 spiro atoms. The number of ether oxygens (including phenoxy) is 2. The summed E-state index contributed by atoms with van der Waals surface area (Å²) in [5, 5.41) is 2.77. The van der Waals surface area contributed by atoms with E-state index in [-0.39, 0.29) is 17.5 Å². The molecule has 126 valence electrons. The highest BCUT2D eigenvalue weighted by Crippen LogP contribution is 2.31. The van der Waals surface area contributed by atoms with Gasteiger partial charge in [-0.3, -0.25) is 9.59 Å². The van der Waals surface area contributed by atoms with Gasteiger partial charge in [0.05, 0.1) is 18.2 Å². The summed E-state index contributed by atoms with van der Waals surface area (Å²) in [6.45, 7) is 2.81. The molecule has 1 aliphatic heterocycles. The van der Waals surface area contributed by atoms with E-state index in [1.54, 1.807) is 0 Å². The van der Waals surface area contributed by atoms with E-state index in [1.165, 1.54) is 12.3 Å². The first-order valence-electron chi connectivity index (χ1n) is 7.74. The lowest BCUT2D eigenvalue weighted by molar-refractivity contribution is -0.121. The van der Waals surface area contributed by atoms with Crippen LogP contribution in [-0.4, -0.2) is 30.0 Å². The predicted molar refractivity (Wildman–Crippen MR) is 88.2 cm³/mol. The number of rotatable bonds is 5. The molecule has 1 aromatic carbocycles. The Morgan fingerprint density at radius 2 is 2.25 bits per heavy atom. The van der Waals surface area contributed by atoms with E-state index in [1.807, 2.05) is 25.1 Å². The van der Waals surface area contributed by atoms with E-state index >= 15 is 0 Å². The first-order chi connectivity index (χ1) is 11.6. The number of fused-ring (bicyclic) bond motifs is 1. The summed E-state index contributed by atoms with van der Waals surface area (Å²) in [5.74, 6) is 0.477. The number of anilines is 1. The van der Waals surface area contributed by atoms with Crippen LogP contribution >= 0.6 is 0 Å². The Balaban J connectivity index is 1.68. The number of amides is 2. The average molecular weight is 329 g/mol. The second kappa shape index (κ2) is 6.66. The van der Waals surface area contributed by atoms with Crippen LogP contribution in [0.15, 0.2) is 30.5 Å². The molecule has 3 rings (SSSR count). The third kappa shape index (κ3) is 3.34. The van der Waals surface area contributed by atoms with Crippen LogP contribution in [0.5, 0.6) is 11.5 Å². The summed E-state index contributed by atoms with van der Waals surface area (Å²) in [7, 11) is 0. The van der Waals surface area contributed by atoms with Crippen LogP contribution in [0.1, 0.15) is 23.0 Å². The van der Waals surface area contributed by atoms with Gasteiger partial charge in [-0.1, -0.05) is 0 Å². The van der Waals surface area contributed by atoms with Gasteiger partial charge >= 0.3 is 0 Å². The first-order valence-corrected chi connectivity index (χ1v) is 7.74. The standard InChI is InChI=1S/C17H19N3O4/c1-2-23-13-3-4-15-10(6-13)5-11(9-24-15)17(22)20-12-7-14(16(18)21)19-8-12/h3-4,6-8,11,19H,2,5,9H2,1H3,(H2,18,21)(H,20,22)/t11-/m1/s1. The lowest BCUT2D eigenvalue weighted by atomic mass is 9.95. The van der Waals surface area contributed by atoms with Crippen molar-refractivity contribution < 1.29 is 19.1 Å². The summed E-state index contributed by atoms with van der Waals surface area (Å²) in [5.41, 5.74) is 6.87. The van der Waals surface area contributed by atoms with Crippen LogP contribution in [0, 0.1) is 5.92 Å². The Hall–Kier alpha value is -2.96. The molecule has 4 N–H and O–H groups in total. The Bertz CT molecular complexity index is 769. The molecular formula is C17H19N3O4. The molecule has 1 atom stereocenters. The SMILES string of the molecule is CCOc1ccc2c(c1)C[C@@H](C(=O)Nc1c[nH]c(C(N)=O)c1)CO2. The van der Waals surface area contributed by atoms with Crippen molar-refractivity contribution >= 4 is 17.5 Å². The van der Waals surface area contributed by atoms with Crippen molar-refractivity contribution in [3.8, 4) is 11.5 Å². The van der Waals surface area contributed by atoms with E-state index in [2.05, 4.69) is 10.3 Å². The molecule has 1 aliphatic rings. The molecule has 7 nitrogen and oxygen atoms in total. The van der Waals surface area contributed by atoms with Crippen molar-refractivity contribution in [3.63, 3.8) is 0 Å². The number of aromatic nitrogens is 1. The minimum atomic E-state index is -0.575. The Labute approximate surface area is 139 Å². The minimum Gasteiger partial charge on any atom is -0.494 e. The van der Waals surface area contributed by atoms with Gasteiger partial charge in [0.1, 0.15) is 23.8 Å². The molecule has 2 aromatic rings. The molecule has 24 heavy (non-hydrogen) atoms. The van der Waals surface area contributed by atoms with Gasteiger partial charge in [-0.2, -0.15) is 0 Å². The zero-order chi connectivity index (χ0) is 17.1. The van der Waals surface area contributed by atoms with Crippen LogP contribution in [-0.2, 0) is 11.2 Å². The number of H-pyrrole nitrogens is 1. The number of aromatic amines is 1. The number of nitrogens with one attached hydrogen (secondary N) is 2. The van der Waals surface area contributed by atoms with E-state index in [9.17, 15) is 9.59 Å². The van der Waals surface area contributed by atoms with Gasteiger partial charge in [-0.05, 0) is 43.2 Å². The topological polar surface area (TPSA) is 106 Å². The lowest BCUT2D eigenvalue weighted by Gasteiger charge is -2.25. The number of nitrogens with two attached hydrogens (primary N) is 1. The molecule has 1 aromatic heterocycles. The molecule has 0 aliphatic carbocycles. The van der Waals surface area contributed by atoms with Crippen molar-refractivity contribution in [1.82, 2.24) is 4.98 Å². The van der Waals surface area contributed by atoms with E-state index in [0.717, 1.165) is 17.1 Å². The first kappa shape index (κ1) is 15.9. The quantitative estimate of drug-likeness (QED) is 0.776. The van der Waals surface area contributed by atoms with Crippen molar-refractivity contribution in [2.75, 3.05) is 18.5 Å². The monoisotopic (exact) mass is 329 g/mol. The molecule has 0 saturated carbocycles. The van der Waals surface area contributed by atoms with Gasteiger partial charge < -0.3 is 25.5 Å². The largest absolute Gasteiger partial charge is 0.494 e. The summed E-state index contributed by atoms with van der Waals surface area (Å²) in [6.07, 6.45) is 2.10. The molecule has 7 heteroatoms. The summed E-state index contributed by atoms with van der Waals surface area (Å²) in [6, 6.07) is 7.12.